The van der Waals surface area contributed by atoms with E-state index in [-0.39, 0.29) is 0 Å². The van der Waals surface area contributed by atoms with Crippen LogP contribution in [0.15, 0.2) is 48.5 Å². The van der Waals surface area contributed by atoms with Gasteiger partial charge < -0.3 is 5.73 Å². The van der Waals surface area contributed by atoms with Crippen molar-refractivity contribution in [3.63, 3.8) is 0 Å². The van der Waals surface area contributed by atoms with E-state index in [1.54, 1.807) is 0 Å². The number of para-hydroxylation sites is 2. The van der Waals surface area contributed by atoms with Crippen molar-refractivity contribution in [1.29, 1.82) is 0 Å². The van der Waals surface area contributed by atoms with E-state index >= 15 is 0 Å². The monoisotopic (exact) mass is 254 g/mol. The third-order valence-electron chi connectivity index (χ3n) is 2.63. The molecule has 2 nitrogen and oxygen atoms in total. The van der Waals surface area contributed by atoms with Gasteiger partial charge in [-0.1, -0.05) is 64.1 Å². The molecule has 0 saturated heterocycles. The zero-order chi connectivity index (χ0) is 14.3. The normalized spacial score (nSPS) is 9.26. The second kappa shape index (κ2) is 7.37. The summed E-state index contributed by atoms with van der Waals surface area (Å²) in [5, 5.41) is 2.05. The van der Waals surface area contributed by atoms with Gasteiger partial charge in [-0.25, -0.2) is 4.98 Å². The van der Waals surface area contributed by atoms with E-state index in [1.165, 1.54) is 0 Å². The molecule has 19 heavy (non-hydrogen) atoms. The summed E-state index contributed by atoms with van der Waals surface area (Å²) in [4.78, 5) is 4.56. The molecule has 0 aliphatic rings. The van der Waals surface area contributed by atoms with Crippen LogP contribution in [0.1, 0.15) is 27.7 Å². The molecule has 1 heterocycles. The number of nitrogens with two attached hydrogens (primary N) is 1. The Morgan fingerprint density at radius 1 is 0.684 bits per heavy atom. The first kappa shape index (κ1) is 15.0. The van der Waals surface area contributed by atoms with Crippen LogP contribution in [0.25, 0.3) is 21.8 Å². The van der Waals surface area contributed by atoms with E-state index in [1.807, 2.05) is 76.2 Å². The Hall–Kier alpha value is -2.09. The zero-order valence-electron chi connectivity index (χ0n) is 12.1. The van der Waals surface area contributed by atoms with E-state index in [2.05, 4.69) is 4.98 Å². The number of hydrogen-bond donors (Lipinski definition) is 1. The summed E-state index contributed by atoms with van der Waals surface area (Å²) in [6, 6.07) is 15.9. The Balaban J connectivity index is 0.000000415. The Morgan fingerprint density at radius 3 is 1.47 bits per heavy atom. The highest BCUT2D eigenvalue weighted by Crippen LogP contribution is 2.27. The highest BCUT2D eigenvalue weighted by atomic mass is 14.7. The summed E-state index contributed by atoms with van der Waals surface area (Å²) in [7, 11) is 0. The Morgan fingerprint density at radius 2 is 1.05 bits per heavy atom. The summed E-state index contributed by atoms with van der Waals surface area (Å²) in [5.41, 5.74) is 8.84. The van der Waals surface area contributed by atoms with Crippen LogP contribution in [0.5, 0.6) is 0 Å². The van der Waals surface area contributed by atoms with Crippen LogP contribution in [-0.4, -0.2) is 4.98 Å². The van der Waals surface area contributed by atoms with E-state index < -0.39 is 0 Å². The van der Waals surface area contributed by atoms with Gasteiger partial charge in [-0.2, -0.15) is 0 Å². The quantitative estimate of drug-likeness (QED) is 0.572. The predicted octanol–water partition coefficient (Wildman–Crippen LogP) is 5.02. The molecule has 0 atom stereocenters. The van der Waals surface area contributed by atoms with Gasteiger partial charge in [0.2, 0.25) is 0 Å². The number of hydrogen-bond acceptors (Lipinski definition) is 2. The fourth-order valence-electron chi connectivity index (χ4n) is 1.87. The third-order valence-corrected chi connectivity index (χ3v) is 2.63. The number of nitrogen functional groups attached to an aromatic ring is 1. The van der Waals surface area contributed by atoms with Gasteiger partial charge in [0.05, 0.1) is 16.7 Å². The number of nitrogens with zero attached hydrogens (tertiary/aromatic N) is 1. The molecule has 1 aromatic heterocycles. The Bertz CT molecular complexity index is 591. The minimum Gasteiger partial charge on any atom is -0.398 e. The zero-order valence-corrected chi connectivity index (χ0v) is 12.1. The molecule has 100 valence electrons. The molecular weight excluding hydrogens is 232 g/mol. The van der Waals surface area contributed by atoms with Gasteiger partial charge in [0, 0.05) is 10.8 Å². The first-order valence-corrected chi connectivity index (χ1v) is 6.89. The standard InChI is InChI=1S/C13H10N2.2C2H6/c14-13-9-5-1-3-7-11(9)15-12-8-4-2-6-10(12)13;2*1-2/h1-8H,(H2,14,15);2*1-2H3. The smallest absolute Gasteiger partial charge is 0.0730 e. The van der Waals surface area contributed by atoms with Crippen molar-refractivity contribution in [3.05, 3.63) is 48.5 Å². The average molecular weight is 254 g/mol. The molecule has 0 radical (unpaired) electrons. The fourth-order valence-corrected chi connectivity index (χ4v) is 1.87. The van der Waals surface area contributed by atoms with Crippen molar-refractivity contribution in [1.82, 2.24) is 4.98 Å². The van der Waals surface area contributed by atoms with Gasteiger partial charge in [0.1, 0.15) is 0 Å². The molecule has 0 unspecified atom stereocenters. The maximum atomic E-state index is 6.11. The molecule has 2 aromatic carbocycles. The van der Waals surface area contributed by atoms with Crippen molar-refractivity contribution < 1.29 is 0 Å². The van der Waals surface area contributed by atoms with E-state index in [9.17, 15) is 0 Å². The molecule has 0 spiro atoms. The number of rotatable bonds is 0. The van der Waals surface area contributed by atoms with Crippen LogP contribution >= 0.6 is 0 Å². The molecule has 0 saturated carbocycles. The maximum Gasteiger partial charge on any atom is 0.0730 e. The van der Waals surface area contributed by atoms with Crippen LogP contribution < -0.4 is 5.73 Å². The first-order valence-electron chi connectivity index (χ1n) is 6.89. The van der Waals surface area contributed by atoms with Gasteiger partial charge >= 0.3 is 0 Å². The van der Waals surface area contributed by atoms with Gasteiger partial charge in [0.25, 0.3) is 0 Å². The van der Waals surface area contributed by atoms with E-state index in [4.69, 9.17) is 5.73 Å². The summed E-state index contributed by atoms with van der Waals surface area (Å²) in [5.74, 6) is 0. The number of aromatic nitrogens is 1. The van der Waals surface area contributed by atoms with Crippen molar-refractivity contribution >= 4 is 27.5 Å². The summed E-state index contributed by atoms with van der Waals surface area (Å²) in [6.07, 6.45) is 0. The second-order valence-corrected chi connectivity index (χ2v) is 3.56. The van der Waals surface area contributed by atoms with Gasteiger partial charge in [-0.05, 0) is 12.1 Å². The van der Waals surface area contributed by atoms with Gasteiger partial charge in [-0.3, -0.25) is 0 Å². The summed E-state index contributed by atoms with van der Waals surface area (Å²) < 4.78 is 0. The SMILES string of the molecule is CC.CC.Nc1c2ccccc2nc2ccccc12. The minimum atomic E-state index is 0.816. The van der Waals surface area contributed by atoms with Crippen molar-refractivity contribution in [2.24, 2.45) is 0 Å². The van der Waals surface area contributed by atoms with Crippen LogP contribution in [0.2, 0.25) is 0 Å². The van der Waals surface area contributed by atoms with Crippen molar-refractivity contribution in [2.75, 3.05) is 5.73 Å². The Labute approximate surface area is 115 Å². The molecule has 2 heteroatoms. The van der Waals surface area contributed by atoms with Gasteiger partial charge in [-0.15, -0.1) is 0 Å². The summed E-state index contributed by atoms with van der Waals surface area (Å²) in [6.45, 7) is 8.00. The highest BCUT2D eigenvalue weighted by Gasteiger charge is 2.03. The van der Waals surface area contributed by atoms with Gasteiger partial charge in [0.15, 0.2) is 0 Å². The molecule has 0 aliphatic carbocycles. The second-order valence-electron chi connectivity index (χ2n) is 3.56. The highest BCUT2D eigenvalue weighted by molar-refractivity contribution is 6.06. The molecule has 0 bridgehead atoms. The van der Waals surface area contributed by atoms with Crippen LogP contribution in [-0.2, 0) is 0 Å². The topological polar surface area (TPSA) is 38.9 Å². The summed E-state index contributed by atoms with van der Waals surface area (Å²) >= 11 is 0. The lowest BCUT2D eigenvalue weighted by molar-refractivity contribution is 1.50. The largest absolute Gasteiger partial charge is 0.398 e. The Kier molecular flexibility index (Phi) is 5.80. The first-order chi connectivity index (χ1) is 9.36. The molecule has 3 rings (SSSR count). The average Bonchev–Trinajstić information content (AvgIpc) is 2.52. The molecule has 0 aliphatic heterocycles. The maximum absolute atomic E-state index is 6.11. The number of anilines is 1. The number of fused-ring (bicyclic) bond motifs is 2. The lowest BCUT2D eigenvalue weighted by Crippen LogP contribution is -1.91. The van der Waals surface area contributed by atoms with Crippen LogP contribution in [0, 0.1) is 0 Å². The molecule has 3 aromatic rings. The number of benzene rings is 2. The lowest BCUT2D eigenvalue weighted by atomic mass is 10.1. The minimum absolute atomic E-state index is 0.816. The predicted molar refractivity (Wildman–Crippen MR) is 86.4 cm³/mol. The molecule has 2 N–H and O–H groups in total. The lowest BCUT2D eigenvalue weighted by Gasteiger charge is -2.05. The van der Waals surface area contributed by atoms with Crippen molar-refractivity contribution in [3.8, 4) is 0 Å². The third kappa shape index (κ3) is 3.02. The molecule has 0 fully saturated rings. The number of pyridine rings is 1. The molecular formula is C17H22N2. The van der Waals surface area contributed by atoms with E-state index in [0.29, 0.717) is 0 Å². The van der Waals surface area contributed by atoms with Crippen molar-refractivity contribution in [2.45, 2.75) is 27.7 Å². The van der Waals surface area contributed by atoms with E-state index in [0.717, 1.165) is 27.5 Å². The molecule has 0 amide bonds. The van der Waals surface area contributed by atoms with Crippen LogP contribution in [0.4, 0.5) is 5.69 Å². The van der Waals surface area contributed by atoms with Crippen LogP contribution in [0.3, 0.4) is 0 Å². The fraction of sp³-hybridized carbons (Fsp3) is 0.235.